The molecule has 0 aliphatic rings. The molecular weight excluding hydrogens is 182 g/mol. The fourth-order valence-corrected chi connectivity index (χ4v) is 1.09. The number of hydrogen-bond acceptors (Lipinski definition) is 3. The Morgan fingerprint density at radius 2 is 2.36 bits per heavy atom. The van der Waals surface area contributed by atoms with Crippen molar-refractivity contribution in [3.63, 3.8) is 0 Å². The van der Waals surface area contributed by atoms with E-state index in [1.165, 1.54) is 12.0 Å². The second-order valence-electron chi connectivity index (χ2n) is 3.05. The number of rotatable bonds is 3. The van der Waals surface area contributed by atoms with Crippen molar-refractivity contribution in [3.05, 3.63) is 17.5 Å². The summed E-state index contributed by atoms with van der Waals surface area (Å²) in [5, 5.41) is 4.00. The number of carbonyl (C=O) groups is 1. The van der Waals surface area contributed by atoms with Crippen molar-refractivity contribution < 1.29 is 9.63 Å². The van der Waals surface area contributed by atoms with Crippen LogP contribution in [-0.4, -0.2) is 41.5 Å². The summed E-state index contributed by atoms with van der Waals surface area (Å²) in [6.45, 7) is 4.41. The summed E-state index contributed by atoms with van der Waals surface area (Å²) in [4.78, 5) is 19.5. The molecule has 0 saturated heterocycles. The van der Waals surface area contributed by atoms with E-state index in [2.05, 4.69) is 5.10 Å². The van der Waals surface area contributed by atoms with E-state index in [9.17, 15) is 4.79 Å². The Morgan fingerprint density at radius 1 is 1.71 bits per heavy atom. The van der Waals surface area contributed by atoms with E-state index < -0.39 is 0 Å². The SMILES string of the molecule is CCN(C)C(=O)c1cc(C)n(OC)n1. The number of amides is 1. The Hall–Kier alpha value is -1.52. The van der Waals surface area contributed by atoms with Gasteiger partial charge in [0.2, 0.25) is 0 Å². The molecule has 5 heteroatoms. The summed E-state index contributed by atoms with van der Waals surface area (Å²) in [7, 11) is 3.25. The third kappa shape index (κ3) is 1.86. The van der Waals surface area contributed by atoms with Gasteiger partial charge in [-0.1, -0.05) is 0 Å². The van der Waals surface area contributed by atoms with Crippen LogP contribution in [0.1, 0.15) is 23.1 Å². The molecule has 1 heterocycles. The highest BCUT2D eigenvalue weighted by atomic mass is 16.7. The molecule has 0 spiro atoms. The summed E-state index contributed by atoms with van der Waals surface area (Å²) in [5.74, 6) is -0.0913. The fourth-order valence-electron chi connectivity index (χ4n) is 1.09. The fraction of sp³-hybridized carbons (Fsp3) is 0.556. The summed E-state index contributed by atoms with van der Waals surface area (Å²) in [6, 6.07) is 1.71. The molecule has 0 fully saturated rings. The van der Waals surface area contributed by atoms with Gasteiger partial charge in [0.25, 0.3) is 5.91 Å². The van der Waals surface area contributed by atoms with Gasteiger partial charge < -0.3 is 9.74 Å². The quantitative estimate of drug-likeness (QED) is 0.702. The van der Waals surface area contributed by atoms with Crippen LogP contribution >= 0.6 is 0 Å². The first-order chi connectivity index (χ1) is 6.60. The Balaban J connectivity index is 2.91. The molecular formula is C9H15N3O2. The van der Waals surface area contributed by atoms with Crippen LogP contribution in [0.15, 0.2) is 6.07 Å². The molecule has 0 radical (unpaired) electrons. The standard InChI is InChI=1S/C9H15N3O2/c1-5-11(3)9(13)8-6-7(2)12(10-8)14-4/h6H,5H2,1-4H3. The maximum absolute atomic E-state index is 11.7. The highest BCUT2D eigenvalue weighted by molar-refractivity contribution is 5.92. The number of aromatic nitrogens is 2. The zero-order valence-electron chi connectivity index (χ0n) is 8.94. The molecule has 14 heavy (non-hydrogen) atoms. The van der Waals surface area contributed by atoms with Gasteiger partial charge in [-0.2, -0.15) is 0 Å². The highest BCUT2D eigenvalue weighted by Gasteiger charge is 2.15. The monoisotopic (exact) mass is 197 g/mol. The normalized spacial score (nSPS) is 10.0. The molecule has 5 nitrogen and oxygen atoms in total. The minimum atomic E-state index is -0.0913. The van der Waals surface area contributed by atoms with Crippen molar-refractivity contribution in [2.24, 2.45) is 0 Å². The van der Waals surface area contributed by atoms with Gasteiger partial charge in [0.05, 0.1) is 5.69 Å². The summed E-state index contributed by atoms with van der Waals surface area (Å²) >= 11 is 0. The molecule has 78 valence electrons. The third-order valence-corrected chi connectivity index (χ3v) is 2.06. The Labute approximate surface area is 83.2 Å². The largest absolute Gasteiger partial charge is 0.400 e. The van der Waals surface area contributed by atoms with Crippen LogP contribution in [-0.2, 0) is 0 Å². The van der Waals surface area contributed by atoms with Crippen LogP contribution in [0.4, 0.5) is 0 Å². The van der Waals surface area contributed by atoms with Gasteiger partial charge in [0.1, 0.15) is 7.11 Å². The first-order valence-corrected chi connectivity index (χ1v) is 4.46. The van der Waals surface area contributed by atoms with Gasteiger partial charge >= 0.3 is 0 Å². The maximum Gasteiger partial charge on any atom is 0.274 e. The number of aryl methyl sites for hydroxylation is 1. The molecule has 0 aliphatic heterocycles. The van der Waals surface area contributed by atoms with Crippen LogP contribution in [0.2, 0.25) is 0 Å². The lowest BCUT2D eigenvalue weighted by Gasteiger charge is -2.11. The molecule has 0 atom stereocenters. The van der Waals surface area contributed by atoms with E-state index in [-0.39, 0.29) is 5.91 Å². The van der Waals surface area contributed by atoms with Crippen molar-refractivity contribution >= 4 is 5.91 Å². The van der Waals surface area contributed by atoms with Crippen molar-refractivity contribution in [2.45, 2.75) is 13.8 Å². The Kier molecular flexibility index (Phi) is 3.11. The predicted octanol–water partition coefficient (Wildman–Crippen LogP) is 0.342. The average Bonchev–Trinajstić information content (AvgIpc) is 2.57. The van der Waals surface area contributed by atoms with E-state index in [1.807, 2.05) is 13.8 Å². The lowest BCUT2D eigenvalue weighted by atomic mass is 10.3. The highest BCUT2D eigenvalue weighted by Crippen LogP contribution is 2.04. The van der Waals surface area contributed by atoms with Gasteiger partial charge in [0.15, 0.2) is 5.69 Å². The Bertz CT molecular complexity index is 333. The Morgan fingerprint density at radius 3 is 2.79 bits per heavy atom. The molecule has 0 unspecified atom stereocenters. The molecule has 0 aliphatic carbocycles. The van der Waals surface area contributed by atoms with Crippen molar-refractivity contribution in [1.82, 2.24) is 14.8 Å². The topological polar surface area (TPSA) is 47.4 Å². The number of hydrogen-bond donors (Lipinski definition) is 0. The van der Waals surface area contributed by atoms with Crippen LogP contribution in [0.3, 0.4) is 0 Å². The second-order valence-corrected chi connectivity index (χ2v) is 3.05. The van der Waals surface area contributed by atoms with Gasteiger partial charge in [-0.15, -0.1) is 9.94 Å². The minimum Gasteiger partial charge on any atom is -0.400 e. The molecule has 1 rings (SSSR count). The van der Waals surface area contributed by atoms with Crippen molar-refractivity contribution in [1.29, 1.82) is 0 Å². The van der Waals surface area contributed by atoms with Crippen LogP contribution < -0.4 is 4.84 Å². The van der Waals surface area contributed by atoms with Crippen molar-refractivity contribution in [2.75, 3.05) is 20.7 Å². The van der Waals surface area contributed by atoms with Crippen molar-refractivity contribution in [3.8, 4) is 0 Å². The van der Waals surface area contributed by atoms with E-state index in [0.717, 1.165) is 5.69 Å². The smallest absolute Gasteiger partial charge is 0.274 e. The lowest BCUT2D eigenvalue weighted by Crippen LogP contribution is -2.26. The van der Waals surface area contributed by atoms with Crippen LogP contribution in [0.5, 0.6) is 0 Å². The minimum absolute atomic E-state index is 0.0913. The maximum atomic E-state index is 11.7. The summed E-state index contributed by atoms with van der Waals surface area (Å²) in [6.07, 6.45) is 0. The van der Waals surface area contributed by atoms with Gasteiger partial charge in [0, 0.05) is 13.6 Å². The summed E-state index contributed by atoms with van der Waals surface area (Å²) < 4.78 is 0. The number of carbonyl (C=O) groups excluding carboxylic acids is 1. The van der Waals surface area contributed by atoms with E-state index >= 15 is 0 Å². The molecule has 1 amide bonds. The van der Waals surface area contributed by atoms with E-state index in [0.29, 0.717) is 12.2 Å². The van der Waals surface area contributed by atoms with Gasteiger partial charge in [-0.25, -0.2) is 0 Å². The van der Waals surface area contributed by atoms with Crippen LogP contribution in [0.25, 0.3) is 0 Å². The molecule has 0 aromatic carbocycles. The lowest BCUT2D eigenvalue weighted by molar-refractivity contribution is 0.0782. The average molecular weight is 197 g/mol. The molecule has 0 saturated carbocycles. The zero-order chi connectivity index (χ0) is 10.7. The first kappa shape index (κ1) is 10.6. The van der Waals surface area contributed by atoms with Crippen LogP contribution in [0, 0.1) is 6.92 Å². The van der Waals surface area contributed by atoms with Gasteiger partial charge in [-0.3, -0.25) is 4.79 Å². The second kappa shape index (κ2) is 4.13. The summed E-state index contributed by atoms with van der Waals surface area (Å²) in [5.41, 5.74) is 1.22. The van der Waals surface area contributed by atoms with Gasteiger partial charge in [-0.05, 0) is 19.9 Å². The molecule has 1 aromatic heterocycles. The molecule has 0 N–H and O–H groups in total. The zero-order valence-corrected chi connectivity index (χ0v) is 8.94. The van der Waals surface area contributed by atoms with E-state index in [4.69, 9.17) is 4.84 Å². The molecule has 0 bridgehead atoms. The van der Waals surface area contributed by atoms with E-state index in [1.54, 1.807) is 18.0 Å². The molecule has 1 aromatic rings. The predicted molar refractivity (Wildman–Crippen MR) is 52.1 cm³/mol. The first-order valence-electron chi connectivity index (χ1n) is 4.46. The number of nitrogens with zero attached hydrogens (tertiary/aromatic N) is 3. The third-order valence-electron chi connectivity index (χ3n) is 2.06.